The van der Waals surface area contributed by atoms with Gasteiger partial charge in [-0.2, -0.15) is 5.10 Å². The Morgan fingerprint density at radius 1 is 1.32 bits per heavy atom. The molecule has 1 aromatic carbocycles. The fourth-order valence-corrected chi connectivity index (χ4v) is 1.50. The molecule has 0 saturated carbocycles. The van der Waals surface area contributed by atoms with Gasteiger partial charge >= 0.3 is 0 Å². The number of nitrogens with one attached hydrogen (secondary N) is 1. The predicted octanol–water partition coefficient (Wildman–Crippen LogP) is 2.37. The minimum Gasteiger partial charge on any atom is -0.508 e. The van der Waals surface area contributed by atoms with Gasteiger partial charge in [-0.05, 0) is 49.7 Å². The molecule has 0 aliphatic carbocycles. The van der Waals surface area contributed by atoms with Gasteiger partial charge in [0.25, 0.3) is 5.91 Å². The molecule has 2 N–H and O–H groups in total. The highest BCUT2D eigenvalue weighted by Crippen LogP contribution is 2.11. The molecule has 0 atom stereocenters. The van der Waals surface area contributed by atoms with E-state index in [1.54, 1.807) is 0 Å². The molecule has 2 aromatic rings. The third kappa shape index (κ3) is 3.22. The lowest BCUT2D eigenvalue weighted by Crippen LogP contribution is -2.17. The smallest absolute Gasteiger partial charge is 0.271 e. The molecular weight excluding hydrogens is 244 g/mol. The van der Waals surface area contributed by atoms with E-state index in [1.807, 2.05) is 19.9 Å². The van der Waals surface area contributed by atoms with E-state index in [0.29, 0.717) is 11.3 Å². The Bertz CT molecular complexity index is 593. The first-order chi connectivity index (χ1) is 9.06. The quantitative estimate of drug-likeness (QED) is 0.655. The highest BCUT2D eigenvalue weighted by molar-refractivity contribution is 5.94. The van der Waals surface area contributed by atoms with E-state index in [4.69, 9.17) is 9.52 Å². The lowest BCUT2D eigenvalue weighted by Gasteiger charge is -1.99. The summed E-state index contributed by atoms with van der Waals surface area (Å²) >= 11 is 0. The van der Waals surface area contributed by atoms with Gasteiger partial charge in [0.2, 0.25) is 0 Å². The molecule has 0 aliphatic rings. The second kappa shape index (κ2) is 5.39. The molecule has 1 amide bonds. The molecule has 0 spiro atoms. The number of aryl methyl sites for hydroxylation is 2. The lowest BCUT2D eigenvalue weighted by molar-refractivity contribution is 0.0955. The number of furan rings is 1. The highest BCUT2D eigenvalue weighted by Gasteiger charge is 2.04. The Labute approximate surface area is 110 Å². The van der Waals surface area contributed by atoms with Gasteiger partial charge in [-0.3, -0.25) is 4.79 Å². The predicted molar refractivity (Wildman–Crippen MR) is 71.3 cm³/mol. The third-order valence-electron chi connectivity index (χ3n) is 2.67. The molecule has 0 radical (unpaired) electrons. The monoisotopic (exact) mass is 258 g/mol. The first-order valence-electron chi connectivity index (χ1n) is 5.76. The molecular formula is C14H14N2O3. The van der Waals surface area contributed by atoms with Crippen LogP contribution in [0.5, 0.6) is 5.75 Å². The number of carbonyl (C=O) groups excluding carboxylic acids is 1. The summed E-state index contributed by atoms with van der Waals surface area (Å²) in [5.41, 5.74) is 3.84. The van der Waals surface area contributed by atoms with Crippen molar-refractivity contribution in [1.82, 2.24) is 5.43 Å². The van der Waals surface area contributed by atoms with E-state index in [1.165, 1.54) is 30.5 Å². The van der Waals surface area contributed by atoms with Crippen LogP contribution >= 0.6 is 0 Å². The number of amides is 1. The number of nitrogens with zero attached hydrogens (tertiary/aromatic N) is 1. The molecule has 0 fully saturated rings. The summed E-state index contributed by atoms with van der Waals surface area (Å²) in [6.45, 7) is 3.80. The number of hydrogen-bond acceptors (Lipinski definition) is 4. The standard InChI is InChI=1S/C14H14N2O3/c1-9-7-13(19-10(9)2)8-15-16-14(18)11-3-5-12(17)6-4-11/h3-8,17H,1-2H3,(H,16,18)/b15-8+. The van der Waals surface area contributed by atoms with Crippen LogP contribution in [0.1, 0.15) is 27.4 Å². The highest BCUT2D eigenvalue weighted by atomic mass is 16.3. The van der Waals surface area contributed by atoms with E-state index in [-0.39, 0.29) is 11.7 Å². The van der Waals surface area contributed by atoms with Crippen LogP contribution < -0.4 is 5.43 Å². The number of hydrazone groups is 1. The summed E-state index contributed by atoms with van der Waals surface area (Å²) in [5, 5.41) is 12.9. The van der Waals surface area contributed by atoms with Crippen molar-refractivity contribution in [2.24, 2.45) is 5.10 Å². The Kier molecular flexibility index (Phi) is 3.66. The van der Waals surface area contributed by atoms with Crippen molar-refractivity contribution in [3.05, 3.63) is 53.0 Å². The van der Waals surface area contributed by atoms with Crippen molar-refractivity contribution in [2.45, 2.75) is 13.8 Å². The molecule has 0 unspecified atom stereocenters. The summed E-state index contributed by atoms with van der Waals surface area (Å²) < 4.78 is 5.38. The Balaban J connectivity index is 1.98. The maximum absolute atomic E-state index is 11.7. The second-order valence-corrected chi connectivity index (χ2v) is 4.13. The zero-order chi connectivity index (χ0) is 13.8. The number of phenolic OH excluding ortho intramolecular Hbond substituents is 1. The maximum Gasteiger partial charge on any atom is 0.271 e. The summed E-state index contributed by atoms with van der Waals surface area (Å²) in [4.78, 5) is 11.7. The summed E-state index contributed by atoms with van der Waals surface area (Å²) in [7, 11) is 0. The van der Waals surface area contributed by atoms with Crippen LogP contribution in [0.4, 0.5) is 0 Å². The first kappa shape index (κ1) is 12.9. The van der Waals surface area contributed by atoms with Crippen LogP contribution in [0.3, 0.4) is 0 Å². The number of rotatable bonds is 3. The van der Waals surface area contributed by atoms with E-state index in [0.717, 1.165) is 11.3 Å². The van der Waals surface area contributed by atoms with Crippen molar-refractivity contribution in [2.75, 3.05) is 0 Å². The van der Waals surface area contributed by atoms with Crippen LogP contribution in [0, 0.1) is 13.8 Å². The zero-order valence-electron chi connectivity index (χ0n) is 10.7. The van der Waals surface area contributed by atoms with Gasteiger partial charge in [-0.1, -0.05) is 0 Å². The van der Waals surface area contributed by atoms with Gasteiger partial charge in [-0.15, -0.1) is 0 Å². The zero-order valence-corrected chi connectivity index (χ0v) is 10.7. The van der Waals surface area contributed by atoms with Crippen molar-refractivity contribution < 1.29 is 14.3 Å². The fourth-order valence-electron chi connectivity index (χ4n) is 1.50. The topological polar surface area (TPSA) is 74.8 Å². The van der Waals surface area contributed by atoms with E-state index < -0.39 is 0 Å². The van der Waals surface area contributed by atoms with E-state index in [2.05, 4.69) is 10.5 Å². The normalized spacial score (nSPS) is 10.8. The number of carbonyl (C=O) groups is 1. The summed E-state index contributed by atoms with van der Waals surface area (Å²) in [6, 6.07) is 7.75. The van der Waals surface area contributed by atoms with Crippen LogP contribution in [-0.2, 0) is 0 Å². The third-order valence-corrected chi connectivity index (χ3v) is 2.67. The first-order valence-corrected chi connectivity index (χ1v) is 5.76. The fraction of sp³-hybridized carbons (Fsp3) is 0.143. The number of phenols is 1. The SMILES string of the molecule is Cc1cc(/C=N/NC(=O)c2ccc(O)cc2)oc1C. The van der Waals surface area contributed by atoms with Crippen molar-refractivity contribution in [3.8, 4) is 5.75 Å². The molecule has 0 aliphatic heterocycles. The lowest BCUT2D eigenvalue weighted by atomic mass is 10.2. The van der Waals surface area contributed by atoms with Crippen molar-refractivity contribution >= 4 is 12.1 Å². The van der Waals surface area contributed by atoms with Gasteiger partial charge < -0.3 is 9.52 Å². The molecule has 1 heterocycles. The average Bonchev–Trinajstić information content (AvgIpc) is 2.69. The Morgan fingerprint density at radius 2 is 2.00 bits per heavy atom. The van der Waals surface area contributed by atoms with Crippen LogP contribution in [-0.4, -0.2) is 17.2 Å². The number of benzene rings is 1. The Morgan fingerprint density at radius 3 is 2.58 bits per heavy atom. The molecule has 5 nitrogen and oxygen atoms in total. The Hall–Kier alpha value is -2.56. The molecule has 1 aromatic heterocycles. The molecule has 0 bridgehead atoms. The van der Waals surface area contributed by atoms with Gasteiger partial charge in [0.15, 0.2) is 0 Å². The minimum atomic E-state index is -0.351. The largest absolute Gasteiger partial charge is 0.508 e. The van der Waals surface area contributed by atoms with Crippen molar-refractivity contribution in [1.29, 1.82) is 0 Å². The molecule has 19 heavy (non-hydrogen) atoms. The van der Waals surface area contributed by atoms with Gasteiger partial charge in [-0.25, -0.2) is 5.43 Å². The number of hydrogen-bond donors (Lipinski definition) is 2. The van der Waals surface area contributed by atoms with Gasteiger partial charge in [0, 0.05) is 5.56 Å². The maximum atomic E-state index is 11.7. The van der Waals surface area contributed by atoms with Crippen LogP contribution in [0.2, 0.25) is 0 Å². The average molecular weight is 258 g/mol. The van der Waals surface area contributed by atoms with Crippen molar-refractivity contribution in [3.63, 3.8) is 0 Å². The van der Waals surface area contributed by atoms with Gasteiger partial charge in [0.05, 0.1) is 6.21 Å². The van der Waals surface area contributed by atoms with Gasteiger partial charge in [0.1, 0.15) is 17.3 Å². The van der Waals surface area contributed by atoms with Crippen LogP contribution in [0.25, 0.3) is 0 Å². The van der Waals surface area contributed by atoms with Crippen LogP contribution in [0.15, 0.2) is 39.9 Å². The molecule has 0 saturated heterocycles. The minimum absolute atomic E-state index is 0.113. The molecule has 98 valence electrons. The second-order valence-electron chi connectivity index (χ2n) is 4.13. The summed E-state index contributed by atoms with van der Waals surface area (Å²) in [6.07, 6.45) is 1.44. The number of aromatic hydroxyl groups is 1. The van der Waals surface area contributed by atoms with E-state index >= 15 is 0 Å². The molecule has 5 heteroatoms. The summed E-state index contributed by atoms with van der Waals surface area (Å²) in [5.74, 6) is 1.17. The van der Waals surface area contributed by atoms with E-state index in [9.17, 15) is 4.79 Å². The molecule has 2 rings (SSSR count).